The average Bonchev–Trinajstić information content (AvgIpc) is 2.26. The van der Waals surface area contributed by atoms with Crippen LogP contribution >= 0.6 is 0 Å². The maximum atomic E-state index is 11.2. The number of methoxy groups -OCH3 is 1. The lowest BCUT2D eigenvalue weighted by molar-refractivity contribution is -0.134. The first-order valence-corrected chi connectivity index (χ1v) is 4.67. The zero-order chi connectivity index (χ0) is 11.3. The molecule has 0 aliphatic heterocycles. The van der Waals surface area contributed by atoms with Crippen LogP contribution in [0.15, 0.2) is 36.4 Å². The molecular formula is C12H15NO2. The Kier molecular flexibility index (Phi) is 3.92. The average molecular weight is 205 g/mol. The van der Waals surface area contributed by atoms with E-state index in [9.17, 15) is 4.79 Å². The monoisotopic (exact) mass is 205 g/mol. The van der Waals surface area contributed by atoms with Gasteiger partial charge in [0.1, 0.15) is 0 Å². The summed E-state index contributed by atoms with van der Waals surface area (Å²) in [5.74, 6) is -0.345. The molecule has 1 aromatic carbocycles. The van der Waals surface area contributed by atoms with Crippen molar-refractivity contribution >= 4 is 11.7 Å². The Bertz CT molecular complexity index is 355. The van der Waals surface area contributed by atoms with Crippen molar-refractivity contribution in [2.75, 3.05) is 21.2 Å². The zero-order valence-corrected chi connectivity index (χ0v) is 9.23. The van der Waals surface area contributed by atoms with E-state index in [4.69, 9.17) is 0 Å². The number of esters is 1. The van der Waals surface area contributed by atoms with Gasteiger partial charge in [0.2, 0.25) is 0 Å². The lowest BCUT2D eigenvalue weighted by atomic mass is 10.1. The van der Waals surface area contributed by atoms with Crippen molar-refractivity contribution in [3.8, 4) is 0 Å². The minimum atomic E-state index is -0.345. The highest BCUT2D eigenvalue weighted by atomic mass is 16.5. The van der Waals surface area contributed by atoms with Crippen LogP contribution < -0.4 is 0 Å². The summed E-state index contributed by atoms with van der Waals surface area (Å²) < 4.78 is 4.61. The first-order chi connectivity index (χ1) is 7.15. The smallest absolute Gasteiger partial charge is 0.332 e. The first kappa shape index (κ1) is 11.3. The summed E-state index contributed by atoms with van der Waals surface area (Å²) in [5.41, 5.74) is 1.83. The quantitative estimate of drug-likeness (QED) is 0.556. The molecule has 0 amide bonds. The molecule has 1 aromatic rings. The van der Waals surface area contributed by atoms with Crippen LogP contribution in [0.25, 0.3) is 5.70 Å². The van der Waals surface area contributed by atoms with Crippen LogP contribution in [0.3, 0.4) is 0 Å². The maximum absolute atomic E-state index is 11.2. The van der Waals surface area contributed by atoms with Gasteiger partial charge in [0.25, 0.3) is 0 Å². The second-order valence-electron chi connectivity index (χ2n) is 3.31. The van der Waals surface area contributed by atoms with Gasteiger partial charge < -0.3 is 9.64 Å². The Morgan fingerprint density at radius 3 is 2.33 bits per heavy atom. The summed E-state index contributed by atoms with van der Waals surface area (Å²) in [6.45, 7) is 0. The third kappa shape index (κ3) is 3.13. The Labute approximate surface area is 90.0 Å². The molecular weight excluding hydrogens is 190 g/mol. The number of carbonyl (C=O) groups excluding carboxylic acids is 1. The standard InChI is InChI=1S/C12H15NO2/c1-13(2)11(9-12(14)15-3)10-7-5-4-6-8-10/h4-9H,1-3H3/b11-9-. The van der Waals surface area contributed by atoms with Crippen LogP contribution in [0.4, 0.5) is 0 Å². The van der Waals surface area contributed by atoms with Crippen molar-refractivity contribution in [1.82, 2.24) is 4.90 Å². The van der Waals surface area contributed by atoms with E-state index >= 15 is 0 Å². The molecule has 1 rings (SSSR count). The highest BCUT2D eigenvalue weighted by Gasteiger charge is 2.06. The first-order valence-electron chi connectivity index (χ1n) is 4.67. The van der Waals surface area contributed by atoms with Crippen LogP contribution in [-0.2, 0) is 9.53 Å². The van der Waals surface area contributed by atoms with Crippen molar-refractivity contribution in [3.05, 3.63) is 42.0 Å². The summed E-state index contributed by atoms with van der Waals surface area (Å²) in [7, 11) is 5.15. The van der Waals surface area contributed by atoms with Crippen molar-refractivity contribution in [2.24, 2.45) is 0 Å². The number of nitrogens with zero attached hydrogens (tertiary/aromatic N) is 1. The lowest BCUT2D eigenvalue weighted by Gasteiger charge is -2.16. The van der Waals surface area contributed by atoms with E-state index in [0.29, 0.717) is 0 Å². The molecule has 0 saturated heterocycles. The molecule has 0 aromatic heterocycles. The van der Waals surface area contributed by atoms with Crippen LogP contribution in [0.2, 0.25) is 0 Å². The molecule has 0 radical (unpaired) electrons. The maximum Gasteiger partial charge on any atom is 0.332 e. The molecule has 0 aliphatic rings. The van der Waals surface area contributed by atoms with E-state index in [1.807, 2.05) is 49.3 Å². The Morgan fingerprint density at radius 2 is 1.87 bits per heavy atom. The van der Waals surface area contributed by atoms with Crippen LogP contribution in [0.5, 0.6) is 0 Å². The number of hydrogen-bond acceptors (Lipinski definition) is 3. The van der Waals surface area contributed by atoms with Crippen LogP contribution in [0, 0.1) is 0 Å². The number of rotatable bonds is 3. The third-order valence-electron chi connectivity index (χ3n) is 2.01. The second-order valence-corrected chi connectivity index (χ2v) is 3.31. The Balaban J connectivity index is 3.04. The number of benzene rings is 1. The molecule has 0 bridgehead atoms. The molecule has 0 saturated carbocycles. The second kappa shape index (κ2) is 5.20. The minimum Gasteiger partial charge on any atom is -0.466 e. The van der Waals surface area contributed by atoms with Gasteiger partial charge in [0.05, 0.1) is 12.8 Å². The Hall–Kier alpha value is -1.77. The zero-order valence-electron chi connectivity index (χ0n) is 9.23. The van der Waals surface area contributed by atoms with Crippen LogP contribution in [-0.4, -0.2) is 32.1 Å². The predicted octanol–water partition coefficient (Wildman–Crippen LogP) is 1.76. The molecule has 0 aliphatic carbocycles. The number of carbonyl (C=O) groups is 1. The molecule has 0 fully saturated rings. The summed E-state index contributed by atoms with van der Waals surface area (Å²) >= 11 is 0. The molecule has 0 unspecified atom stereocenters. The van der Waals surface area contributed by atoms with E-state index in [1.54, 1.807) is 0 Å². The van der Waals surface area contributed by atoms with Crippen molar-refractivity contribution in [1.29, 1.82) is 0 Å². The SMILES string of the molecule is COC(=O)/C=C(/c1ccccc1)N(C)C. The molecule has 0 heterocycles. The summed E-state index contributed by atoms with van der Waals surface area (Å²) in [4.78, 5) is 13.1. The predicted molar refractivity (Wildman–Crippen MR) is 60.1 cm³/mol. The van der Waals surface area contributed by atoms with Crippen molar-refractivity contribution in [3.63, 3.8) is 0 Å². The topological polar surface area (TPSA) is 29.5 Å². The molecule has 3 nitrogen and oxygen atoms in total. The molecule has 0 spiro atoms. The largest absolute Gasteiger partial charge is 0.466 e. The van der Waals surface area contributed by atoms with Gasteiger partial charge in [-0.2, -0.15) is 0 Å². The van der Waals surface area contributed by atoms with Gasteiger partial charge in [-0.05, 0) is 5.56 Å². The van der Waals surface area contributed by atoms with Gasteiger partial charge in [-0.1, -0.05) is 30.3 Å². The lowest BCUT2D eigenvalue weighted by Crippen LogP contribution is -2.12. The van der Waals surface area contributed by atoms with E-state index in [2.05, 4.69) is 4.74 Å². The molecule has 0 atom stereocenters. The van der Waals surface area contributed by atoms with Crippen LogP contribution in [0.1, 0.15) is 5.56 Å². The molecule has 3 heteroatoms. The van der Waals surface area contributed by atoms with Gasteiger partial charge in [0, 0.05) is 20.2 Å². The Morgan fingerprint density at radius 1 is 1.27 bits per heavy atom. The molecule has 0 N–H and O–H groups in total. The van der Waals surface area contributed by atoms with E-state index in [-0.39, 0.29) is 5.97 Å². The fraction of sp³-hybridized carbons (Fsp3) is 0.250. The van der Waals surface area contributed by atoms with E-state index in [1.165, 1.54) is 13.2 Å². The van der Waals surface area contributed by atoms with E-state index < -0.39 is 0 Å². The minimum absolute atomic E-state index is 0.345. The summed E-state index contributed by atoms with van der Waals surface area (Å²) in [6, 6.07) is 9.71. The highest BCUT2D eigenvalue weighted by molar-refractivity contribution is 5.90. The van der Waals surface area contributed by atoms with Gasteiger partial charge in [0.15, 0.2) is 0 Å². The van der Waals surface area contributed by atoms with Crippen molar-refractivity contribution < 1.29 is 9.53 Å². The van der Waals surface area contributed by atoms with Gasteiger partial charge in [-0.3, -0.25) is 0 Å². The van der Waals surface area contributed by atoms with Gasteiger partial charge in [-0.15, -0.1) is 0 Å². The van der Waals surface area contributed by atoms with E-state index in [0.717, 1.165) is 11.3 Å². The summed E-state index contributed by atoms with van der Waals surface area (Å²) in [6.07, 6.45) is 1.48. The van der Waals surface area contributed by atoms with Crippen molar-refractivity contribution in [2.45, 2.75) is 0 Å². The fourth-order valence-electron chi connectivity index (χ4n) is 1.25. The fourth-order valence-corrected chi connectivity index (χ4v) is 1.25. The molecule has 15 heavy (non-hydrogen) atoms. The third-order valence-corrected chi connectivity index (χ3v) is 2.01. The van der Waals surface area contributed by atoms with Gasteiger partial charge in [-0.25, -0.2) is 4.79 Å². The summed E-state index contributed by atoms with van der Waals surface area (Å²) in [5, 5.41) is 0. The number of hydrogen-bond donors (Lipinski definition) is 0. The normalized spacial score (nSPS) is 11.0. The molecule has 80 valence electrons. The van der Waals surface area contributed by atoms with Gasteiger partial charge >= 0.3 is 5.97 Å². The number of ether oxygens (including phenoxy) is 1. The highest BCUT2D eigenvalue weighted by Crippen LogP contribution is 2.15.